The van der Waals surface area contributed by atoms with Gasteiger partial charge in [0.2, 0.25) is 0 Å². The van der Waals surface area contributed by atoms with E-state index in [0.717, 1.165) is 11.3 Å². The number of rotatable bonds is 2. The van der Waals surface area contributed by atoms with E-state index < -0.39 is 0 Å². The summed E-state index contributed by atoms with van der Waals surface area (Å²) in [5.41, 5.74) is 1.93. The second-order valence-corrected chi connectivity index (χ2v) is 6.30. The summed E-state index contributed by atoms with van der Waals surface area (Å²) >= 11 is 25.0. The van der Waals surface area contributed by atoms with Crippen LogP contribution in [0.1, 0.15) is 11.5 Å². The zero-order valence-electron chi connectivity index (χ0n) is 10.5. The molecule has 0 saturated carbocycles. The van der Waals surface area contributed by atoms with E-state index in [1.807, 2.05) is 43.3 Å². The van der Waals surface area contributed by atoms with Crippen LogP contribution in [0, 0.1) is 0 Å². The lowest BCUT2D eigenvalue weighted by atomic mass is 9.91. The first-order chi connectivity index (χ1) is 8.91. The van der Waals surface area contributed by atoms with Gasteiger partial charge in [0.25, 0.3) is 0 Å². The van der Waals surface area contributed by atoms with Crippen molar-refractivity contribution in [2.45, 2.75) is 11.3 Å². The lowest BCUT2D eigenvalue weighted by Gasteiger charge is -2.26. The predicted molar refractivity (Wildman–Crippen MR) is 86.0 cm³/mol. The molecule has 0 aliphatic heterocycles. The molecular formula is C14H13Cl4N. The van der Waals surface area contributed by atoms with Crippen LogP contribution in [0.3, 0.4) is 0 Å². The van der Waals surface area contributed by atoms with E-state index in [9.17, 15) is 0 Å². The molecule has 1 aliphatic rings. The van der Waals surface area contributed by atoms with E-state index in [1.165, 1.54) is 0 Å². The van der Waals surface area contributed by atoms with Crippen LogP contribution in [0.25, 0.3) is 0 Å². The molecule has 0 fully saturated rings. The monoisotopic (exact) mass is 335 g/mol. The molecule has 0 saturated heterocycles. The first-order valence-electron chi connectivity index (χ1n) is 5.76. The summed E-state index contributed by atoms with van der Waals surface area (Å²) in [7, 11) is 3.94. The van der Waals surface area contributed by atoms with Crippen LogP contribution in [0.5, 0.6) is 0 Å². The van der Waals surface area contributed by atoms with E-state index in [-0.39, 0.29) is 11.3 Å². The van der Waals surface area contributed by atoms with E-state index in [2.05, 4.69) is 0 Å². The molecule has 0 amide bonds. The summed E-state index contributed by atoms with van der Waals surface area (Å²) in [4.78, 5) is 2.00. The SMILES string of the molecule is CN(C)c1ccc(Cl)c(C2C(Cl)=C(Cl)C=CC2Cl)c1. The van der Waals surface area contributed by atoms with Crippen molar-refractivity contribution in [1.82, 2.24) is 0 Å². The summed E-state index contributed by atoms with van der Waals surface area (Å²) in [6.45, 7) is 0. The van der Waals surface area contributed by atoms with Crippen molar-refractivity contribution in [2.24, 2.45) is 0 Å². The molecule has 1 aromatic carbocycles. The quantitative estimate of drug-likeness (QED) is 0.657. The van der Waals surface area contributed by atoms with Crippen molar-refractivity contribution in [3.63, 3.8) is 0 Å². The Kier molecular flexibility index (Phi) is 4.73. The van der Waals surface area contributed by atoms with Crippen molar-refractivity contribution >= 4 is 52.1 Å². The first-order valence-corrected chi connectivity index (χ1v) is 7.33. The zero-order chi connectivity index (χ0) is 14.2. The van der Waals surface area contributed by atoms with Gasteiger partial charge in [0.1, 0.15) is 0 Å². The number of hydrogen-bond donors (Lipinski definition) is 0. The minimum Gasteiger partial charge on any atom is -0.378 e. The van der Waals surface area contributed by atoms with Crippen molar-refractivity contribution < 1.29 is 0 Å². The van der Waals surface area contributed by atoms with E-state index in [4.69, 9.17) is 46.4 Å². The summed E-state index contributed by atoms with van der Waals surface area (Å²) in [5, 5.41) is 1.42. The van der Waals surface area contributed by atoms with Gasteiger partial charge in [-0.1, -0.05) is 40.9 Å². The molecule has 102 valence electrons. The van der Waals surface area contributed by atoms with Gasteiger partial charge in [-0.2, -0.15) is 0 Å². The van der Waals surface area contributed by atoms with Gasteiger partial charge in [-0.05, 0) is 29.8 Å². The summed E-state index contributed by atoms with van der Waals surface area (Å²) in [5.74, 6) is -0.215. The van der Waals surface area contributed by atoms with E-state index >= 15 is 0 Å². The van der Waals surface area contributed by atoms with Crippen LogP contribution < -0.4 is 4.90 Å². The van der Waals surface area contributed by atoms with Gasteiger partial charge >= 0.3 is 0 Å². The van der Waals surface area contributed by atoms with Crippen LogP contribution in [0.4, 0.5) is 5.69 Å². The Labute approximate surface area is 133 Å². The Morgan fingerprint density at radius 2 is 1.79 bits per heavy atom. The van der Waals surface area contributed by atoms with Crippen LogP contribution >= 0.6 is 46.4 Å². The van der Waals surface area contributed by atoms with E-state index in [0.29, 0.717) is 15.1 Å². The highest BCUT2D eigenvalue weighted by Gasteiger charge is 2.29. The minimum absolute atomic E-state index is 0.215. The molecule has 0 radical (unpaired) electrons. The molecule has 2 unspecified atom stereocenters. The molecule has 0 bridgehead atoms. The Bertz CT molecular complexity index is 548. The maximum absolute atomic E-state index is 6.34. The van der Waals surface area contributed by atoms with Crippen LogP contribution in [-0.2, 0) is 0 Å². The van der Waals surface area contributed by atoms with Crippen molar-refractivity contribution in [3.8, 4) is 0 Å². The van der Waals surface area contributed by atoms with Crippen molar-refractivity contribution in [3.05, 3.63) is 51.0 Å². The summed E-state index contributed by atoms with van der Waals surface area (Å²) in [6.07, 6.45) is 3.56. The number of anilines is 1. The third-order valence-corrected chi connectivity index (χ3v) is 4.68. The highest BCUT2D eigenvalue weighted by atomic mass is 35.5. The molecule has 0 spiro atoms. The average molecular weight is 337 g/mol. The normalized spacial score (nSPS) is 22.8. The Hall–Kier alpha value is -0.340. The van der Waals surface area contributed by atoms with Gasteiger partial charge < -0.3 is 4.90 Å². The van der Waals surface area contributed by atoms with Crippen LogP contribution in [0.2, 0.25) is 5.02 Å². The minimum atomic E-state index is -0.259. The predicted octanol–water partition coefficient (Wildman–Crippen LogP) is 5.36. The van der Waals surface area contributed by atoms with Gasteiger partial charge in [-0.25, -0.2) is 0 Å². The molecule has 1 aromatic rings. The third kappa shape index (κ3) is 3.05. The third-order valence-electron chi connectivity index (χ3n) is 3.08. The number of alkyl halides is 1. The molecule has 2 atom stereocenters. The number of nitrogens with zero attached hydrogens (tertiary/aromatic N) is 1. The van der Waals surface area contributed by atoms with Crippen LogP contribution in [-0.4, -0.2) is 19.5 Å². The smallest absolute Gasteiger partial charge is 0.0638 e. The maximum atomic E-state index is 6.34. The lowest BCUT2D eigenvalue weighted by Crippen LogP contribution is -2.16. The Morgan fingerprint density at radius 1 is 1.11 bits per heavy atom. The Balaban J connectivity index is 2.52. The molecule has 19 heavy (non-hydrogen) atoms. The summed E-state index contributed by atoms with van der Waals surface area (Å²) in [6, 6.07) is 5.80. The Morgan fingerprint density at radius 3 is 2.42 bits per heavy atom. The fourth-order valence-electron chi connectivity index (χ4n) is 2.01. The molecule has 1 aliphatic carbocycles. The largest absolute Gasteiger partial charge is 0.378 e. The van der Waals surface area contributed by atoms with Gasteiger partial charge in [-0.15, -0.1) is 11.6 Å². The highest BCUT2D eigenvalue weighted by Crippen LogP contribution is 2.43. The number of benzene rings is 1. The maximum Gasteiger partial charge on any atom is 0.0638 e. The first kappa shape index (κ1) is 15.1. The number of halogens is 4. The molecule has 0 heterocycles. The fourth-order valence-corrected chi connectivity index (χ4v) is 3.15. The molecule has 2 rings (SSSR count). The van der Waals surface area contributed by atoms with Crippen molar-refractivity contribution in [2.75, 3.05) is 19.0 Å². The molecule has 5 heteroatoms. The molecule has 0 aromatic heterocycles. The van der Waals surface area contributed by atoms with Crippen molar-refractivity contribution in [1.29, 1.82) is 0 Å². The molecular weight excluding hydrogens is 324 g/mol. The zero-order valence-corrected chi connectivity index (χ0v) is 13.5. The van der Waals surface area contributed by atoms with Gasteiger partial charge in [-0.3, -0.25) is 0 Å². The standard InChI is InChI=1S/C14H13Cl4N/c1-19(2)8-3-4-10(15)9(7-8)13-11(16)5-6-12(17)14(13)18/h3-7,11,13H,1-2H3. The average Bonchev–Trinajstić information content (AvgIpc) is 2.36. The lowest BCUT2D eigenvalue weighted by molar-refractivity contribution is 0.841. The summed E-state index contributed by atoms with van der Waals surface area (Å²) < 4.78 is 0. The topological polar surface area (TPSA) is 3.24 Å². The molecule has 1 nitrogen and oxygen atoms in total. The second-order valence-electron chi connectivity index (χ2n) is 4.58. The fraction of sp³-hybridized carbons (Fsp3) is 0.286. The van der Waals surface area contributed by atoms with Crippen LogP contribution in [0.15, 0.2) is 40.4 Å². The highest BCUT2D eigenvalue weighted by molar-refractivity contribution is 6.42. The number of allylic oxidation sites excluding steroid dienone is 4. The number of hydrogen-bond acceptors (Lipinski definition) is 1. The second kappa shape index (κ2) is 5.97. The van der Waals surface area contributed by atoms with Gasteiger partial charge in [0.05, 0.1) is 10.4 Å². The van der Waals surface area contributed by atoms with Gasteiger partial charge in [0.15, 0.2) is 0 Å². The van der Waals surface area contributed by atoms with Gasteiger partial charge in [0, 0.05) is 35.8 Å². The van der Waals surface area contributed by atoms with E-state index in [1.54, 1.807) is 6.08 Å². The molecule has 0 N–H and O–H groups in total.